The Bertz CT molecular complexity index is 391. The Labute approximate surface area is 102 Å². The molecule has 0 amide bonds. The molecule has 1 aromatic carbocycles. The van der Waals surface area contributed by atoms with Gasteiger partial charge in [0.25, 0.3) is 0 Å². The van der Waals surface area contributed by atoms with E-state index in [1.165, 1.54) is 0 Å². The number of nitrogens with zero attached hydrogens (tertiary/aromatic N) is 1. The molecule has 0 atom stereocenters. The molecule has 0 aliphatic rings. The fourth-order valence-electron chi connectivity index (χ4n) is 1.39. The molecule has 1 rings (SSSR count). The fraction of sp³-hybridized carbons (Fsp3) is 0.417. The maximum Gasteiger partial charge on any atom is 0.195 e. The SMILES string of the molecule is CCOc1ccc(NC(=NC)NC)cc1OC. The second kappa shape index (κ2) is 6.62. The van der Waals surface area contributed by atoms with Crippen LogP contribution in [0.15, 0.2) is 23.2 Å². The molecule has 5 nitrogen and oxygen atoms in total. The molecule has 0 bridgehead atoms. The minimum atomic E-state index is 0.612. The van der Waals surface area contributed by atoms with Gasteiger partial charge in [0.1, 0.15) is 0 Å². The highest BCUT2D eigenvalue weighted by atomic mass is 16.5. The Morgan fingerprint density at radius 3 is 2.65 bits per heavy atom. The van der Waals surface area contributed by atoms with Gasteiger partial charge in [-0.3, -0.25) is 4.99 Å². The molecule has 0 fully saturated rings. The van der Waals surface area contributed by atoms with E-state index in [4.69, 9.17) is 9.47 Å². The van der Waals surface area contributed by atoms with E-state index in [9.17, 15) is 0 Å². The van der Waals surface area contributed by atoms with Crippen molar-refractivity contribution in [1.82, 2.24) is 5.32 Å². The second-order valence-electron chi connectivity index (χ2n) is 3.25. The summed E-state index contributed by atoms with van der Waals surface area (Å²) in [4.78, 5) is 4.04. The molecule has 0 radical (unpaired) electrons. The van der Waals surface area contributed by atoms with E-state index in [1.807, 2.05) is 25.1 Å². The van der Waals surface area contributed by atoms with E-state index >= 15 is 0 Å². The van der Waals surface area contributed by atoms with Gasteiger partial charge < -0.3 is 20.1 Å². The van der Waals surface area contributed by atoms with E-state index in [-0.39, 0.29) is 0 Å². The molecule has 2 N–H and O–H groups in total. The van der Waals surface area contributed by atoms with E-state index in [1.54, 1.807) is 21.2 Å². The van der Waals surface area contributed by atoms with Crippen molar-refractivity contribution in [3.63, 3.8) is 0 Å². The van der Waals surface area contributed by atoms with E-state index in [0.717, 1.165) is 11.4 Å². The van der Waals surface area contributed by atoms with E-state index in [2.05, 4.69) is 15.6 Å². The lowest BCUT2D eigenvalue weighted by atomic mass is 10.2. The molecule has 0 unspecified atom stereocenters. The molecule has 0 aliphatic carbocycles. The predicted molar refractivity (Wildman–Crippen MR) is 70.2 cm³/mol. The van der Waals surface area contributed by atoms with Gasteiger partial charge in [-0.05, 0) is 19.1 Å². The lowest BCUT2D eigenvalue weighted by Crippen LogP contribution is -2.26. The fourth-order valence-corrected chi connectivity index (χ4v) is 1.39. The number of nitrogens with one attached hydrogen (secondary N) is 2. The van der Waals surface area contributed by atoms with Crippen molar-refractivity contribution in [3.05, 3.63) is 18.2 Å². The summed E-state index contributed by atoms with van der Waals surface area (Å²) in [7, 11) is 5.14. The molecule has 94 valence electrons. The number of methoxy groups -OCH3 is 1. The van der Waals surface area contributed by atoms with Gasteiger partial charge in [-0.2, -0.15) is 0 Å². The molecule has 0 heterocycles. The van der Waals surface area contributed by atoms with Crippen LogP contribution in [-0.2, 0) is 0 Å². The summed E-state index contributed by atoms with van der Waals surface area (Å²) in [5.41, 5.74) is 0.889. The van der Waals surface area contributed by atoms with Crippen molar-refractivity contribution in [2.45, 2.75) is 6.92 Å². The Morgan fingerprint density at radius 1 is 1.35 bits per heavy atom. The number of aliphatic imine (C=N–C) groups is 1. The summed E-state index contributed by atoms with van der Waals surface area (Å²) < 4.78 is 10.7. The minimum absolute atomic E-state index is 0.612. The molecule has 0 aromatic heterocycles. The first kappa shape index (κ1) is 13.2. The maximum absolute atomic E-state index is 5.44. The van der Waals surface area contributed by atoms with Crippen LogP contribution < -0.4 is 20.1 Å². The first-order chi connectivity index (χ1) is 8.24. The number of hydrogen-bond donors (Lipinski definition) is 2. The zero-order valence-electron chi connectivity index (χ0n) is 10.7. The second-order valence-corrected chi connectivity index (χ2v) is 3.25. The number of hydrogen-bond acceptors (Lipinski definition) is 3. The average Bonchev–Trinajstić information content (AvgIpc) is 2.37. The summed E-state index contributed by atoms with van der Waals surface area (Å²) in [6, 6.07) is 5.65. The van der Waals surface area contributed by atoms with Gasteiger partial charge in [0.2, 0.25) is 0 Å². The molecule has 0 saturated heterocycles. The third-order valence-electron chi connectivity index (χ3n) is 2.19. The van der Waals surface area contributed by atoms with Crippen molar-refractivity contribution >= 4 is 11.6 Å². The highest BCUT2D eigenvalue weighted by Crippen LogP contribution is 2.30. The number of anilines is 1. The molecular weight excluding hydrogens is 218 g/mol. The van der Waals surface area contributed by atoms with Crippen LogP contribution in [0.4, 0.5) is 5.69 Å². The van der Waals surface area contributed by atoms with Crippen molar-refractivity contribution < 1.29 is 9.47 Å². The van der Waals surface area contributed by atoms with Gasteiger partial charge in [-0.15, -0.1) is 0 Å². The van der Waals surface area contributed by atoms with Crippen LogP contribution in [0.2, 0.25) is 0 Å². The zero-order valence-corrected chi connectivity index (χ0v) is 10.7. The lowest BCUT2D eigenvalue weighted by molar-refractivity contribution is 0.311. The standard InChI is InChI=1S/C12H19N3O2/c1-5-17-10-7-6-9(8-11(10)16-4)15-12(13-2)14-3/h6-8H,5H2,1-4H3,(H2,13,14,15). The lowest BCUT2D eigenvalue weighted by Gasteiger charge is -2.13. The Kier molecular flexibility index (Phi) is 5.13. The van der Waals surface area contributed by atoms with Crippen LogP contribution in [0.3, 0.4) is 0 Å². The quantitative estimate of drug-likeness (QED) is 0.618. The largest absolute Gasteiger partial charge is 0.493 e. The van der Waals surface area contributed by atoms with Crippen LogP contribution in [0.1, 0.15) is 6.92 Å². The Hall–Kier alpha value is -1.91. The number of ether oxygens (including phenoxy) is 2. The molecule has 1 aromatic rings. The van der Waals surface area contributed by atoms with Crippen LogP contribution in [0.25, 0.3) is 0 Å². The summed E-state index contributed by atoms with van der Waals surface area (Å²) in [6.07, 6.45) is 0. The number of benzene rings is 1. The van der Waals surface area contributed by atoms with E-state index in [0.29, 0.717) is 18.3 Å². The molecule has 0 spiro atoms. The third-order valence-corrected chi connectivity index (χ3v) is 2.19. The predicted octanol–water partition coefficient (Wildman–Crippen LogP) is 1.71. The summed E-state index contributed by atoms with van der Waals surface area (Å²) in [5, 5.41) is 6.07. The van der Waals surface area contributed by atoms with Crippen molar-refractivity contribution in [2.24, 2.45) is 4.99 Å². The topological polar surface area (TPSA) is 54.9 Å². The summed E-state index contributed by atoms with van der Waals surface area (Å²) in [5.74, 6) is 2.12. The summed E-state index contributed by atoms with van der Waals surface area (Å²) in [6.45, 7) is 2.55. The van der Waals surface area contributed by atoms with Gasteiger partial charge in [0.05, 0.1) is 13.7 Å². The van der Waals surface area contributed by atoms with Gasteiger partial charge >= 0.3 is 0 Å². The average molecular weight is 237 g/mol. The first-order valence-electron chi connectivity index (χ1n) is 5.47. The summed E-state index contributed by atoms with van der Waals surface area (Å²) >= 11 is 0. The van der Waals surface area contributed by atoms with Crippen molar-refractivity contribution in [1.29, 1.82) is 0 Å². The van der Waals surface area contributed by atoms with E-state index < -0.39 is 0 Å². The van der Waals surface area contributed by atoms with Gasteiger partial charge in [0.15, 0.2) is 17.5 Å². The normalized spacial score (nSPS) is 10.9. The Morgan fingerprint density at radius 2 is 2.12 bits per heavy atom. The maximum atomic E-state index is 5.44. The number of rotatable bonds is 4. The molecule has 17 heavy (non-hydrogen) atoms. The molecule has 0 aliphatic heterocycles. The van der Waals surface area contributed by atoms with Crippen LogP contribution in [-0.4, -0.2) is 33.8 Å². The highest BCUT2D eigenvalue weighted by Gasteiger charge is 2.05. The van der Waals surface area contributed by atoms with Gasteiger partial charge in [-0.1, -0.05) is 0 Å². The van der Waals surface area contributed by atoms with Crippen molar-refractivity contribution in [3.8, 4) is 11.5 Å². The first-order valence-corrected chi connectivity index (χ1v) is 5.47. The molecular formula is C12H19N3O2. The number of guanidine groups is 1. The van der Waals surface area contributed by atoms with Gasteiger partial charge in [0, 0.05) is 25.8 Å². The monoisotopic (exact) mass is 237 g/mol. The van der Waals surface area contributed by atoms with Crippen LogP contribution in [0.5, 0.6) is 11.5 Å². The smallest absolute Gasteiger partial charge is 0.195 e. The zero-order chi connectivity index (χ0) is 12.7. The molecule has 0 saturated carbocycles. The van der Waals surface area contributed by atoms with Crippen LogP contribution in [0, 0.1) is 0 Å². The minimum Gasteiger partial charge on any atom is -0.493 e. The Balaban J connectivity index is 2.89. The van der Waals surface area contributed by atoms with Crippen molar-refractivity contribution in [2.75, 3.05) is 33.1 Å². The highest BCUT2D eigenvalue weighted by molar-refractivity contribution is 5.93. The van der Waals surface area contributed by atoms with Gasteiger partial charge in [-0.25, -0.2) is 0 Å². The van der Waals surface area contributed by atoms with Crippen LogP contribution >= 0.6 is 0 Å². The third kappa shape index (κ3) is 3.55. The molecule has 5 heteroatoms.